The topological polar surface area (TPSA) is 207 Å². The molecule has 0 spiro atoms. The summed E-state index contributed by atoms with van der Waals surface area (Å²) in [4.78, 5) is 47.4. The van der Waals surface area contributed by atoms with Crippen LogP contribution in [0.3, 0.4) is 0 Å². The predicted molar refractivity (Wildman–Crippen MR) is 251 cm³/mol. The SMILES string of the molecule is C.C1CCOC1.CCC(=O)OC.CCC(OC)OC.CCC(OC)OC.CCC=O.CCC=O.CCC=O.COC(=O)CS.COC(CBr)OC.COC(CO)OC.Cl.Cl. The van der Waals surface area contributed by atoms with E-state index in [9.17, 15) is 24.0 Å². The number of hydrogen-bond donors (Lipinski definition) is 2. The van der Waals surface area contributed by atoms with Crippen molar-refractivity contribution >= 4 is 84.2 Å². The Morgan fingerprint density at radius 3 is 0.867 bits per heavy atom. The van der Waals surface area contributed by atoms with Crippen molar-refractivity contribution in [3.63, 3.8) is 0 Å². The van der Waals surface area contributed by atoms with Crippen LogP contribution >= 0.6 is 53.4 Å². The fourth-order valence-corrected chi connectivity index (χ4v) is 2.70. The summed E-state index contributed by atoms with van der Waals surface area (Å²) < 4.78 is 51.4. The van der Waals surface area contributed by atoms with Crippen molar-refractivity contribution in [1.29, 1.82) is 0 Å². The number of carbonyl (C=O) groups is 5. The lowest BCUT2D eigenvalue weighted by atomic mass is 10.4. The fraction of sp³-hybridized carbons (Fsp3) is 0.872. The second-order valence-corrected chi connectivity index (χ2v) is 10.4. The summed E-state index contributed by atoms with van der Waals surface area (Å²) in [6, 6.07) is 0. The summed E-state index contributed by atoms with van der Waals surface area (Å²) in [5.41, 5.74) is 0. The van der Waals surface area contributed by atoms with Crippen LogP contribution in [0, 0.1) is 0 Å². The standard InChI is InChI=1S/2C5H12O2.C4H9BrO2.C4H10O3.C4H8O2.C4H8O.C3H6O2S.3C3H6O.CH4.2ClH/c2*1-4-5(6-2)7-3;2*1-6-4(3-5)7-2;1-3-4(5)6-2;1-2-4-5-3-1;1-5-3(4)2-6;3*1-2-3-4;;;/h2*5H,4H2,1-3H3;4H,3H2,1-2H3;4-5H,3H2,1-2H3;3H2,1-2H3;1-4H2;6H,2H2,1H3;3*3H,2H2,1H3;1H4;2*1H. The monoisotopic (exact) mass is 1010 g/mol. The van der Waals surface area contributed by atoms with Crippen LogP contribution in [-0.2, 0) is 76.1 Å². The van der Waals surface area contributed by atoms with Gasteiger partial charge in [-0.25, -0.2) is 0 Å². The van der Waals surface area contributed by atoms with E-state index >= 15 is 0 Å². The van der Waals surface area contributed by atoms with E-state index in [0.717, 1.165) is 50.2 Å². The van der Waals surface area contributed by atoms with E-state index in [1.165, 1.54) is 41.3 Å². The smallest absolute Gasteiger partial charge is 0.315 e. The molecular weight excluding hydrogens is 923 g/mol. The van der Waals surface area contributed by atoms with E-state index < -0.39 is 6.29 Å². The highest BCUT2D eigenvalue weighted by atomic mass is 79.9. The summed E-state index contributed by atoms with van der Waals surface area (Å²) >= 11 is 6.81. The number of thiol groups is 1. The summed E-state index contributed by atoms with van der Waals surface area (Å²) in [6.45, 7) is 13.1. The van der Waals surface area contributed by atoms with Crippen LogP contribution in [0.15, 0.2) is 0 Å². The Morgan fingerprint density at radius 1 is 0.583 bits per heavy atom. The summed E-state index contributed by atoms with van der Waals surface area (Å²) in [5, 5.41) is 9.00. The number of methoxy groups -OCH3 is 10. The second kappa shape index (κ2) is 97.3. The Kier molecular flexibility index (Phi) is 146. The fourth-order valence-electron chi connectivity index (χ4n) is 2.05. The van der Waals surface area contributed by atoms with Gasteiger partial charge in [0.05, 0.1) is 31.9 Å². The van der Waals surface area contributed by atoms with Gasteiger partial charge in [0.2, 0.25) is 0 Å². The summed E-state index contributed by atoms with van der Waals surface area (Å²) in [7, 11) is 15.4. The number of alkyl halides is 1. The molecule has 0 aromatic rings. The molecule has 0 aromatic carbocycles. The van der Waals surface area contributed by atoms with Crippen LogP contribution in [0.5, 0.6) is 0 Å². The van der Waals surface area contributed by atoms with Crippen molar-refractivity contribution in [1.82, 2.24) is 0 Å². The Balaban J connectivity index is -0.0000000427. The Labute approximate surface area is 391 Å². The van der Waals surface area contributed by atoms with Gasteiger partial charge in [0.25, 0.3) is 0 Å². The molecule has 0 amide bonds. The van der Waals surface area contributed by atoms with Crippen LogP contribution < -0.4 is 0 Å². The van der Waals surface area contributed by atoms with E-state index in [-0.39, 0.29) is 75.4 Å². The van der Waals surface area contributed by atoms with Crippen molar-refractivity contribution < 1.29 is 81.2 Å². The Bertz CT molecular complexity index is 583. The van der Waals surface area contributed by atoms with Crippen molar-refractivity contribution in [3.8, 4) is 0 Å². The molecule has 1 aliphatic heterocycles. The van der Waals surface area contributed by atoms with Gasteiger partial charge in [0.15, 0.2) is 25.2 Å². The van der Waals surface area contributed by atoms with Gasteiger partial charge in [-0.05, 0) is 25.7 Å². The van der Waals surface area contributed by atoms with Crippen LogP contribution in [-0.4, -0.2) is 163 Å². The maximum atomic E-state index is 9.96. The van der Waals surface area contributed by atoms with Gasteiger partial charge in [0, 0.05) is 95.8 Å². The van der Waals surface area contributed by atoms with E-state index in [1.54, 1.807) is 49.6 Å². The number of ether oxygens (including phenoxy) is 11. The highest BCUT2D eigenvalue weighted by Crippen LogP contribution is 1.98. The van der Waals surface area contributed by atoms with Crippen molar-refractivity contribution in [2.24, 2.45) is 0 Å². The third-order valence-corrected chi connectivity index (χ3v) is 6.03. The number of aliphatic hydroxyl groups excluding tert-OH is 1. The van der Waals surface area contributed by atoms with Crippen molar-refractivity contribution in [3.05, 3.63) is 0 Å². The van der Waals surface area contributed by atoms with E-state index in [0.29, 0.717) is 25.7 Å². The number of rotatable bonds is 17. The first kappa shape index (κ1) is 89.8. The van der Waals surface area contributed by atoms with E-state index in [1.807, 2.05) is 34.6 Å². The van der Waals surface area contributed by atoms with Crippen molar-refractivity contribution in [2.75, 3.05) is 102 Å². The molecule has 0 aliphatic carbocycles. The first-order valence-corrected chi connectivity index (χ1v) is 20.0. The maximum absolute atomic E-state index is 9.96. The van der Waals surface area contributed by atoms with Gasteiger partial charge in [0.1, 0.15) is 18.9 Å². The predicted octanol–water partition coefficient (Wildman–Crippen LogP) is 7.35. The highest BCUT2D eigenvalue weighted by Gasteiger charge is 1.99. The molecular formula is C39H89BrCl2O17S. The number of halogens is 3. The lowest BCUT2D eigenvalue weighted by molar-refractivity contribution is -0.140. The zero-order chi connectivity index (χ0) is 46.6. The minimum atomic E-state index is -0.458. The molecule has 1 N–H and O–H groups in total. The van der Waals surface area contributed by atoms with Crippen LogP contribution in [0.4, 0.5) is 0 Å². The molecule has 1 fully saturated rings. The summed E-state index contributed by atoms with van der Waals surface area (Å²) in [6.07, 6.45) is 8.80. The largest absolute Gasteiger partial charge is 0.469 e. The van der Waals surface area contributed by atoms with Gasteiger partial charge in [-0.2, -0.15) is 12.6 Å². The van der Waals surface area contributed by atoms with Gasteiger partial charge in [-0.3, -0.25) is 9.59 Å². The molecule has 0 radical (unpaired) electrons. The first-order chi connectivity index (χ1) is 27.2. The van der Waals surface area contributed by atoms with Gasteiger partial charge in [-0.15, -0.1) is 24.8 Å². The van der Waals surface area contributed by atoms with Gasteiger partial charge < -0.3 is 71.6 Å². The minimum Gasteiger partial charge on any atom is -0.469 e. The highest BCUT2D eigenvalue weighted by molar-refractivity contribution is 9.09. The third kappa shape index (κ3) is 118. The quantitative estimate of drug-likeness (QED) is 0.0480. The van der Waals surface area contributed by atoms with Crippen molar-refractivity contribution in [2.45, 2.75) is 125 Å². The third-order valence-electron chi connectivity index (χ3n) is 5.25. The van der Waals surface area contributed by atoms with Crippen LogP contribution in [0.25, 0.3) is 0 Å². The van der Waals surface area contributed by atoms with Crippen LogP contribution in [0.2, 0.25) is 0 Å². The molecule has 17 nitrogen and oxygen atoms in total. The molecule has 1 aliphatic rings. The first-order valence-electron chi connectivity index (χ1n) is 18.3. The minimum absolute atomic E-state index is 0. The molecule has 1 saturated heterocycles. The number of carbonyl (C=O) groups excluding carboxylic acids is 5. The molecule has 0 saturated carbocycles. The number of esters is 2. The zero-order valence-corrected chi connectivity index (χ0v) is 43.0. The summed E-state index contributed by atoms with van der Waals surface area (Å²) in [5.74, 6) is -0.287. The molecule has 0 aromatic heterocycles. The average molecular weight is 1010 g/mol. The molecule has 1 rings (SSSR count). The second-order valence-electron chi connectivity index (χ2n) is 9.47. The van der Waals surface area contributed by atoms with Crippen LogP contribution in [0.1, 0.15) is 100 Å². The molecule has 374 valence electrons. The number of aldehydes is 3. The molecule has 60 heavy (non-hydrogen) atoms. The Morgan fingerprint density at radius 2 is 0.850 bits per heavy atom. The lowest BCUT2D eigenvalue weighted by Gasteiger charge is -2.08. The normalized spacial score (nSPS) is 9.58. The molecule has 0 bridgehead atoms. The van der Waals surface area contributed by atoms with E-state index in [4.69, 9.17) is 38.3 Å². The maximum Gasteiger partial charge on any atom is 0.315 e. The number of aliphatic hydroxyl groups is 1. The molecule has 0 atom stereocenters. The molecule has 21 heteroatoms. The number of hydrogen-bond acceptors (Lipinski definition) is 18. The molecule has 0 unspecified atom stereocenters. The Hall–Kier alpha value is -1.04. The molecule has 1 heterocycles. The van der Waals surface area contributed by atoms with Gasteiger partial charge in [-0.1, -0.05) is 64.9 Å². The zero-order valence-electron chi connectivity index (χ0n) is 38.9. The van der Waals surface area contributed by atoms with E-state index in [2.05, 4.69) is 47.5 Å². The lowest BCUT2D eigenvalue weighted by Crippen LogP contribution is -2.16. The van der Waals surface area contributed by atoms with Gasteiger partial charge >= 0.3 is 11.9 Å². The average Bonchev–Trinajstić information content (AvgIpc) is 3.88.